The number of methoxy groups -OCH3 is 1. The summed E-state index contributed by atoms with van der Waals surface area (Å²) in [5.41, 5.74) is 2.65. The first-order valence-corrected chi connectivity index (χ1v) is 10.7. The Kier molecular flexibility index (Phi) is 7.15. The van der Waals surface area contributed by atoms with Crippen LogP contribution in [0.2, 0.25) is 0 Å². The topological polar surface area (TPSA) is 103 Å². The van der Waals surface area contributed by atoms with Crippen molar-refractivity contribution in [3.63, 3.8) is 0 Å². The predicted octanol–water partition coefficient (Wildman–Crippen LogP) is 3.51. The monoisotopic (exact) mass is 436 g/mol. The standard InChI is InChI=1S/C22H22N4O4.C2H6/c1-12-6-17(19(27)11-30-3)23-10-16(12)15-7-14-9-24-20(25-21(28)13-4-5-13)8-18(14)26(2)22(15)29;1-2/h6-10,13H,4-5,11H2,1-3H3,(H,24,25,28);1-2H3. The van der Waals surface area contributed by atoms with Crippen molar-refractivity contribution in [3.05, 3.63) is 52.2 Å². The Hall–Kier alpha value is -3.39. The number of carbonyl (C=O) groups is 2. The van der Waals surface area contributed by atoms with E-state index < -0.39 is 0 Å². The Balaban J connectivity index is 0.00000141. The number of nitrogens with one attached hydrogen (secondary N) is 1. The predicted molar refractivity (Wildman–Crippen MR) is 124 cm³/mol. The van der Waals surface area contributed by atoms with E-state index >= 15 is 0 Å². The van der Waals surface area contributed by atoms with Gasteiger partial charge in [0.1, 0.15) is 18.1 Å². The minimum atomic E-state index is -0.219. The Bertz CT molecular complexity index is 1230. The molecular formula is C24H28N4O4. The van der Waals surface area contributed by atoms with Gasteiger partial charge in [0.25, 0.3) is 5.56 Å². The Morgan fingerprint density at radius 1 is 1.12 bits per heavy atom. The fraction of sp³-hybridized carbons (Fsp3) is 0.375. The normalized spacial score (nSPS) is 12.8. The van der Waals surface area contributed by atoms with E-state index in [4.69, 9.17) is 4.74 Å². The number of hydrogen-bond donors (Lipinski definition) is 1. The minimum Gasteiger partial charge on any atom is -0.376 e. The Morgan fingerprint density at radius 2 is 1.84 bits per heavy atom. The van der Waals surface area contributed by atoms with E-state index in [9.17, 15) is 14.4 Å². The first kappa shape index (κ1) is 23.3. The molecule has 168 valence electrons. The summed E-state index contributed by atoms with van der Waals surface area (Å²) in [5, 5.41) is 3.57. The van der Waals surface area contributed by atoms with Gasteiger partial charge in [0.15, 0.2) is 0 Å². The van der Waals surface area contributed by atoms with E-state index in [2.05, 4.69) is 15.3 Å². The fourth-order valence-electron chi connectivity index (χ4n) is 3.39. The van der Waals surface area contributed by atoms with Crippen LogP contribution in [-0.2, 0) is 16.6 Å². The minimum absolute atomic E-state index is 0.0340. The third-order valence-corrected chi connectivity index (χ3v) is 5.27. The van der Waals surface area contributed by atoms with Gasteiger partial charge in [0.05, 0.1) is 5.52 Å². The van der Waals surface area contributed by atoms with Gasteiger partial charge in [-0.15, -0.1) is 0 Å². The zero-order chi connectivity index (χ0) is 23.4. The lowest BCUT2D eigenvalue weighted by Crippen LogP contribution is -2.20. The molecule has 32 heavy (non-hydrogen) atoms. The number of amides is 1. The lowest BCUT2D eigenvalue weighted by atomic mass is 10.0. The highest BCUT2D eigenvalue weighted by molar-refractivity contribution is 5.96. The SMILES string of the molecule is CC.COCC(=O)c1cc(C)c(-c2cc3cnc(NC(=O)C4CC4)cc3n(C)c2=O)cn1. The van der Waals surface area contributed by atoms with Gasteiger partial charge in [-0.25, -0.2) is 4.98 Å². The van der Waals surface area contributed by atoms with Gasteiger partial charge in [-0.05, 0) is 37.5 Å². The lowest BCUT2D eigenvalue weighted by Gasteiger charge is -2.12. The third kappa shape index (κ3) is 4.75. The van der Waals surface area contributed by atoms with Crippen molar-refractivity contribution < 1.29 is 14.3 Å². The van der Waals surface area contributed by atoms with Gasteiger partial charge >= 0.3 is 0 Å². The summed E-state index contributed by atoms with van der Waals surface area (Å²) in [4.78, 5) is 45.6. The second-order valence-electron chi connectivity index (χ2n) is 7.55. The van der Waals surface area contributed by atoms with Crippen LogP contribution in [0, 0.1) is 12.8 Å². The van der Waals surface area contributed by atoms with Gasteiger partial charge in [0, 0.05) is 55.0 Å². The van der Waals surface area contributed by atoms with Crippen molar-refractivity contribution in [1.29, 1.82) is 0 Å². The zero-order valence-electron chi connectivity index (χ0n) is 19.1. The average Bonchev–Trinajstić information content (AvgIpc) is 3.64. The number of fused-ring (bicyclic) bond motifs is 1. The number of pyridine rings is 3. The van der Waals surface area contributed by atoms with Crippen molar-refractivity contribution in [1.82, 2.24) is 14.5 Å². The number of nitrogens with zero attached hydrogens (tertiary/aromatic N) is 3. The second-order valence-corrected chi connectivity index (χ2v) is 7.55. The molecule has 0 aliphatic heterocycles. The molecule has 0 saturated heterocycles. The van der Waals surface area contributed by atoms with Crippen molar-refractivity contribution in [2.45, 2.75) is 33.6 Å². The van der Waals surface area contributed by atoms with Crippen LogP contribution in [0.4, 0.5) is 5.82 Å². The quantitative estimate of drug-likeness (QED) is 0.593. The summed E-state index contributed by atoms with van der Waals surface area (Å²) >= 11 is 0. The van der Waals surface area contributed by atoms with E-state index in [1.807, 2.05) is 20.8 Å². The largest absolute Gasteiger partial charge is 0.376 e. The lowest BCUT2D eigenvalue weighted by molar-refractivity contribution is -0.117. The number of aryl methyl sites for hydroxylation is 2. The van der Waals surface area contributed by atoms with E-state index in [0.29, 0.717) is 28.2 Å². The number of aromatic nitrogens is 3. The molecule has 8 heteroatoms. The summed E-state index contributed by atoms with van der Waals surface area (Å²) in [6, 6.07) is 5.13. The number of ether oxygens (including phenoxy) is 1. The maximum Gasteiger partial charge on any atom is 0.258 e. The Labute approximate surface area is 186 Å². The molecular weight excluding hydrogens is 408 g/mol. The summed E-state index contributed by atoms with van der Waals surface area (Å²) in [5.74, 6) is 0.251. The van der Waals surface area contributed by atoms with Gasteiger partial charge in [-0.3, -0.25) is 19.4 Å². The fourth-order valence-corrected chi connectivity index (χ4v) is 3.39. The third-order valence-electron chi connectivity index (χ3n) is 5.27. The first-order chi connectivity index (χ1) is 15.4. The number of ketones is 1. The van der Waals surface area contributed by atoms with Gasteiger partial charge in [-0.2, -0.15) is 0 Å². The van der Waals surface area contributed by atoms with Gasteiger partial charge in [-0.1, -0.05) is 13.8 Å². The van der Waals surface area contributed by atoms with Crippen molar-refractivity contribution in [2.24, 2.45) is 13.0 Å². The van der Waals surface area contributed by atoms with E-state index in [-0.39, 0.29) is 29.8 Å². The number of anilines is 1. The molecule has 0 unspecified atom stereocenters. The molecule has 1 N–H and O–H groups in total. The smallest absolute Gasteiger partial charge is 0.258 e. The molecule has 1 aliphatic rings. The van der Waals surface area contributed by atoms with Crippen molar-refractivity contribution in [2.75, 3.05) is 19.0 Å². The molecule has 3 aromatic rings. The van der Waals surface area contributed by atoms with Gasteiger partial charge in [0.2, 0.25) is 11.7 Å². The maximum atomic E-state index is 13.0. The van der Waals surface area contributed by atoms with Crippen LogP contribution in [0.5, 0.6) is 0 Å². The maximum absolute atomic E-state index is 13.0. The van der Waals surface area contributed by atoms with E-state index in [1.54, 1.807) is 37.6 Å². The highest BCUT2D eigenvalue weighted by atomic mass is 16.5. The molecule has 0 aromatic carbocycles. The molecule has 0 atom stereocenters. The number of rotatable bonds is 6. The number of Topliss-reactive ketones (excluding diaryl/α,β-unsaturated/α-hetero) is 1. The molecule has 0 bridgehead atoms. The van der Waals surface area contributed by atoms with Crippen molar-refractivity contribution in [3.8, 4) is 11.1 Å². The molecule has 3 heterocycles. The van der Waals surface area contributed by atoms with Crippen molar-refractivity contribution >= 4 is 28.4 Å². The molecule has 1 saturated carbocycles. The number of carbonyl (C=O) groups excluding carboxylic acids is 2. The summed E-state index contributed by atoms with van der Waals surface area (Å²) < 4.78 is 6.40. The van der Waals surface area contributed by atoms with Crippen LogP contribution in [-0.4, -0.2) is 39.9 Å². The van der Waals surface area contributed by atoms with Crippen LogP contribution in [0.25, 0.3) is 22.0 Å². The van der Waals surface area contributed by atoms with Crippen LogP contribution in [0.1, 0.15) is 42.7 Å². The van der Waals surface area contributed by atoms with Crippen LogP contribution in [0.3, 0.4) is 0 Å². The van der Waals surface area contributed by atoms with Gasteiger partial charge < -0.3 is 14.6 Å². The molecule has 0 radical (unpaired) electrons. The number of hydrogen-bond acceptors (Lipinski definition) is 6. The first-order valence-electron chi connectivity index (χ1n) is 10.7. The van der Waals surface area contributed by atoms with Crippen LogP contribution in [0.15, 0.2) is 35.4 Å². The average molecular weight is 437 g/mol. The molecule has 8 nitrogen and oxygen atoms in total. The van der Waals surface area contributed by atoms with E-state index in [0.717, 1.165) is 23.8 Å². The highest BCUT2D eigenvalue weighted by Crippen LogP contribution is 2.30. The summed E-state index contributed by atoms with van der Waals surface area (Å²) in [6.45, 7) is 5.79. The molecule has 1 amide bonds. The molecule has 0 spiro atoms. The highest BCUT2D eigenvalue weighted by Gasteiger charge is 2.29. The molecule has 4 rings (SSSR count). The summed E-state index contributed by atoms with van der Waals surface area (Å²) in [7, 11) is 3.13. The molecule has 1 aliphatic carbocycles. The zero-order valence-corrected chi connectivity index (χ0v) is 19.1. The van der Waals surface area contributed by atoms with Crippen LogP contribution < -0.4 is 10.9 Å². The summed E-state index contributed by atoms with van der Waals surface area (Å²) in [6.07, 6.45) is 4.99. The molecule has 3 aromatic heterocycles. The molecule has 1 fully saturated rings. The second kappa shape index (κ2) is 9.82. The van der Waals surface area contributed by atoms with E-state index in [1.165, 1.54) is 11.7 Å². The Morgan fingerprint density at radius 3 is 2.47 bits per heavy atom. The van der Waals surface area contributed by atoms with Crippen LogP contribution >= 0.6 is 0 Å².